The molecule has 3 heterocycles. The molecular formula is C21H39N7O. The van der Waals surface area contributed by atoms with Crippen LogP contribution < -0.4 is 5.32 Å². The molecule has 2 saturated heterocycles. The first-order valence-electron chi connectivity index (χ1n) is 11.2. The molecule has 0 saturated carbocycles. The second kappa shape index (κ2) is 10.4. The number of piperidine rings is 1. The first-order valence-corrected chi connectivity index (χ1v) is 11.2. The van der Waals surface area contributed by atoms with Crippen LogP contribution in [0.4, 0.5) is 0 Å². The van der Waals surface area contributed by atoms with Gasteiger partial charge in [-0.05, 0) is 31.6 Å². The van der Waals surface area contributed by atoms with Crippen LogP contribution in [0.3, 0.4) is 0 Å². The summed E-state index contributed by atoms with van der Waals surface area (Å²) in [7, 11) is 2.00. The standard InChI is InChI=1S/C21H39N7O/c1-5-7-21(3)8-6-10-28(17-21)20(22-9-11-27-12-14-29-15-13-27)23-16-19-25-24-18(2)26(19)4/h5-17H2,1-4H3,(H,22,23). The highest BCUT2D eigenvalue weighted by molar-refractivity contribution is 5.80. The summed E-state index contributed by atoms with van der Waals surface area (Å²) in [4.78, 5) is 9.88. The maximum atomic E-state index is 5.46. The van der Waals surface area contributed by atoms with E-state index in [-0.39, 0.29) is 0 Å². The predicted molar refractivity (Wildman–Crippen MR) is 116 cm³/mol. The lowest BCUT2D eigenvalue weighted by Crippen LogP contribution is -2.51. The fourth-order valence-corrected chi connectivity index (χ4v) is 4.46. The number of hydrogen-bond acceptors (Lipinski definition) is 5. The zero-order valence-corrected chi connectivity index (χ0v) is 18.8. The molecule has 1 unspecified atom stereocenters. The molecule has 0 bridgehead atoms. The Balaban J connectivity index is 1.66. The van der Waals surface area contributed by atoms with E-state index in [4.69, 9.17) is 9.73 Å². The van der Waals surface area contributed by atoms with E-state index < -0.39 is 0 Å². The van der Waals surface area contributed by atoms with E-state index in [1.165, 1.54) is 25.7 Å². The van der Waals surface area contributed by atoms with E-state index in [0.717, 1.165) is 70.1 Å². The van der Waals surface area contributed by atoms with Crippen molar-refractivity contribution in [1.29, 1.82) is 0 Å². The number of rotatable bonds is 7. The number of ether oxygens (including phenoxy) is 1. The number of aryl methyl sites for hydroxylation is 1. The van der Waals surface area contributed by atoms with E-state index in [0.29, 0.717) is 12.0 Å². The van der Waals surface area contributed by atoms with Crippen LogP contribution in [-0.4, -0.2) is 83.0 Å². The molecule has 1 N–H and O–H groups in total. The Hall–Kier alpha value is -1.67. The summed E-state index contributed by atoms with van der Waals surface area (Å²) >= 11 is 0. The maximum absolute atomic E-state index is 5.46. The molecular weight excluding hydrogens is 366 g/mol. The zero-order chi connectivity index (χ0) is 20.7. The fourth-order valence-electron chi connectivity index (χ4n) is 4.46. The molecule has 1 aromatic heterocycles. The summed E-state index contributed by atoms with van der Waals surface area (Å²) < 4.78 is 7.48. The Morgan fingerprint density at radius 2 is 2.03 bits per heavy atom. The fraction of sp³-hybridized carbons (Fsp3) is 0.857. The molecule has 1 aromatic rings. The van der Waals surface area contributed by atoms with Crippen molar-refractivity contribution in [2.24, 2.45) is 17.5 Å². The molecule has 29 heavy (non-hydrogen) atoms. The van der Waals surface area contributed by atoms with Gasteiger partial charge in [0.15, 0.2) is 11.8 Å². The van der Waals surface area contributed by atoms with Crippen LogP contribution in [0.5, 0.6) is 0 Å². The number of nitrogens with zero attached hydrogens (tertiary/aromatic N) is 6. The summed E-state index contributed by atoms with van der Waals surface area (Å²) in [5.41, 5.74) is 0.376. The minimum absolute atomic E-state index is 0.376. The van der Waals surface area contributed by atoms with Crippen molar-refractivity contribution >= 4 is 5.96 Å². The smallest absolute Gasteiger partial charge is 0.194 e. The summed E-state index contributed by atoms with van der Waals surface area (Å²) in [6.07, 6.45) is 5.04. The SMILES string of the molecule is CCCC1(C)CCCN(C(=NCc2nnc(C)n2C)NCCN2CCOCC2)C1. The third-order valence-electron chi connectivity index (χ3n) is 6.30. The van der Waals surface area contributed by atoms with Crippen LogP contribution in [0.1, 0.15) is 51.2 Å². The number of guanidine groups is 1. The molecule has 0 radical (unpaired) electrons. The Labute approximate surface area is 175 Å². The van der Waals surface area contributed by atoms with Gasteiger partial charge in [-0.15, -0.1) is 10.2 Å². The molecule has 2 fully saturated rings. The number of morpholine rings is 1. The van der Waals surface area contributed by atoms with Crippen molar-refractivity contribution in [3.8, 4) is 0 Å². The number of hydrogen-bond donors (Lipinski definition) is 1. The van der Waals surface area contributed by atoms with Gasteiger partial charge in [-0.25, -0.2) is 4.99 Å². The molecule has 1 atom stereocenters. The lowest BCUT2D eigenvalue weighted by Gasteiger charge is -2.42. The highest BCUT2D eigenvalue weighted by atomic mass is 16.5. The third kappa shape index (κ3) is 6.15. The first-order chi connectivity index (χ1) is 14.0. The van der Waals surface area contributed by atoms with Crippen LogP contribution in [0, 0.1) is 12.3 Å². The van der Waals surface area contributed by atoms with Crippen molar-refractivity contribution in [3.05, 3.63) is 11.6 Å². The van der Waals surface area contributed by atoms with E-state index in [1.54, 1.807) is 0 Å². The summed E-state index contributed by atoms with van der Waals surface area (Å²) in [5.74, 6) is 2.84. The van der Waals surface area contributed by atoms with Gasteiger partial charge >= 0.3 is 0 Å². The lowest BCUT2D eigenvalue weighted by molar-refractivity contribution is 0.0387. The molecule has 0 aliphatic carbocycles. The summed E-state index contributed by atoms with van der Waals surface area (Å²) in [5, 5.41) is 12.1. The average molecular weight is 406 g/mol. The molecule has 0 amide bonds. The lowest BCUT2D eigenvalue weighted by atomic mass is 9.78. The molecule has 0 spiro atoms. The quantitative estimate of drug-likeness (QED) is 0.551. The van der Waals surface area contributed by atoms with Gasteiger partial charge in [0, 0.05) is 46.3 Å². The zero-order valence-electron chi connectivity index (χ0n) is 18.8. The maximum Gasteiger partial charge on any atom is 0.194 e. The van der Waals surface area contributed by atoms with Crippen LogP contribution in [0.25, 0.3) is 0 Å². The van der Waals surface area contributed by atoms with Gasteiger partial charge in [0.05, 0.1) is 13.2 Å². The van der Waals surface area contributed by atoms with Gasteiger partial charge in [0.25, 0.3) is 0 Å². The van der Waals surface area contributed by atoms with Crippen molar-refractivity contribution in [1.82, 2.24) is 29.9 Å². The number of aliphatic imine (C=N–C) groups is 1. The van der Waals surface area contributed by atoms with Crippen molar-refractivity contribution in [2.75, 3.05) is 52.5 Å². The molecule has 0 aromatic carbocycles. The van der Waals surface area contributed by atoms with Crippen LogP contribution in [-0.2, 0) is 18.3 Å². The Kier molecular flexibility index (Phi) is 7.89. The third-order valence-corrected chi connectivity index (χ3v) is 6.30. The van der Waals surface area contributed by atoms with Crippen LogP contribution >= 0.6 is 0 Å². The molecule has 8 nitrogen and oxygen atoms in total. The van der Waals surface area contributed by atoms with Gasteiger partial charge in [-0.1, -0.05) is 20.3 Å². The highest BCUT2D eigenvalue weighted by Gasteiger charge is 2.31. The van der Waals surface area contributed by atoms with Gasteiger partial charge in [0.1, 0.15) is 12.4 Å². The molecule has 3 rings (SSSR count). The summed E-state index contributed by atoms with van der Waals surface area (Å²) in [6, 6.07) is 0. The monoisotopic (exact) mass is 405 g/mol. The first kappa shape index (κ1) is 22.0. The Bertz CT molecular complexity index is 664. The molecule has 164 valence electrons. The largest absolute Gasteiger partial charge is 0.379 e. The average Bonchev–Trinajstić information content (AvgIpc) is 3.03. The van der Waals surface area contributed by atoms with Gasteiger partial charge < -0.3 is 19.5 Å². The normalized spacial score (nSPS) is 24.1. The van der Waals surface area contributed by atoms with Crippen molar-refractivity contribution < 1.29 is 4.74 Å². The summed E-state index contributed by atoms with van der Waals surface area (Å²) in [6.45, 7) is 15.0. The minimum Gasteiger partial charge on any atom is -0.379 e. The van der Waals surface area contributed by atoms with Gasteiger partial charge in [-0.3, -0.25) is 4.90 Å². The van der Waals surface area contributed by atoms with Crippen molar-refractivity contribution in [2.45, 2.75) is 53.0 Å². The van der Waals surface area contributed by atoms with E-state index in [2.05, 4.69) is 39.2 Å². The van der Waals surface area contributed by atoms with Crippen molar-refractivity contribution in [3.63, 3.8) is 0 Å². The van der Waals surface area contributed by atoms with E-state index >= 15 is 0 Å². The Morgan fingerprint density at radius 3 is 2.72 bits per heavy atom. The molecule has 2 aliphatic heterocycles. The second-order valence-corrected chi connectivity index (χ2v) is 8.83. The minimum atomic E-state index is 0.376. The van der Waals surface area contributed by atoms with E-state index in [1.807, 2.05) is 18.5 Å². The van der Waals surface area contributed by atoms with Crippen LogP contribution in [0.2, 0.25) is 0 Å². The van der Waals surface area contributed by atoms with Crippen LogP contribution in [0.15, 0.2) is 4.99 Å². The molecule has 2 aliphatic rings. The van der Waals surface area contributed by atoms with Gasteiger partial charge in [0.2, 0.25) is 0 Å². The second-order valence-electron chi connectivity index (χ2n) is 8.83. The topological polar surface area (TPSA) is 70.8 Å². The van der Waals surface area contributed by atoms with E-state index in [9.17, 15) is 0 Å². The number of likely N-dealkylation sites (tertiary alicyclic amines) is 1. The predicted octanol–water partition coefficient (Wildman–Crippen LogP) is 1.80. The molecule has 8 heteroatoms. The number of aromatic nitrogens is 3. The Morgan fingerprint density at radius 1 is 1.24 bits per heavy atom. The van der Waals surface area contributed by atoms with Gasteiger partial charge in [-0.2, -0.15) is 0 Å². The number of nitrogens with one attached hydrogen (secondary N) is 1. The highest BCUT2D eigenvalue weighted by Crippen LogP contribution is 2.33.